The van der Waals surface area contributed by atoms with E-state index in [2.05, 4.69) is 5.32 Å². The maximum absolute atomic E-state index is 13.1. The normalized spacial score (nSPS) is 16.7. The molecule has 200 valence electrons. The topological polar surface area (TPSA) is 83.5 Å². The predicted molar refractivity (Wildman–Crippen MR) is 150 cm³/mol. The zero-order valence-electron chi connectivity index (χ0n) is 22.3. The summed E-state index contributed by atoms with van der Waals surface area (Å²) in [5.41, 5.74) is 3.86. The average Bonchev–Trinajstić information content (AvgIpc) is 3.32. The van der Waals surface area contributed by atoms with Crippen molar-refractivity contribution in [2.45, 2.75) is 32.4 Å². The van der Waals surface area contributed by atoms with E-state index in [1.807, 2.05) is 90.8 Å². The van der Waals surface area contributed by atoms with Gasteiger partial charge in [-0.2, -0.15) is 0 Å². The van der Waals surface area contributed by atoms with Crippen LogP contribution in [0.5, 0.6) is 5.75 Å². The quantitative estimate of drug-likeness (QED) is 0.426. The van der Waals surface area contributed by atoms with E-state index < -0.39 is 12.0 Å². The van der Waals surface area contributed by atoms with Crippen LogP contribution in [0.1, 0.15) is 36.9 Å². The molecule has 0 radical (unpaired) electrons. The SMILES string of the molecule is CCC1=C(C(=O)OC)C(c2cccc(OCc3ccccc3)c2)N2C(CC(=O)NCCN(C)C)=CSC2=N1. The molecule has 1 atom stereocenters. The Bertz CT molecular complexity index is 1260. The van der Waals surface area contributed by atoms with Crippen molar-refractivity contribution in [2.75, 3.05) is 34.3 Å². The van der Waals surface area contributed by atoms with Gasteiger partial charge in [0.15, 0.2) is 5.17 Å². The van der Waals surface area contributed by atoms with Gasteiger partial charge in [-0.05, 0) is 49.2 Å². The van der Waals surface area contributed by atoms with Gasteiger partial charge in [-0.15, -0.1) is 0 Å². The zero-order valence-corrected chi connectivity index (χ0v) is 23.1. The highest BCUT2D eigenvalue weighted by atomic mass is 32.2. The minimum atomic E-state index is -0.499. The molecule has 0 spiro atoms. The number of nitrogens with one attached hydrogen (secondary N) is 1. The summed E-state index contributed by atoms with van der Waals surface area (Å²) in [6.45, 7) is 3.72. The fourth-order valence-corrected chi connectivity index (χ4v) is 5.33. The number of methoxy groups -OCH3 is 1. The van der Waals surface area contributed by atoms with Gasteiger partial charge < -0.3 is 24.6 Å². The molecule has 8 nitrogen and oxygen atoms in total. The number of allylic oxidation sites excluding steroid dienone is 1. The second-order valence-corrected chi connectivity index (χ2v) is 10.1. The number of benzene rings is 2. The lowest BCUT2D eigenvalue weighted by Crippen LogP contribution is -2.38. The van der Waals surface area contributed by atoms with E-state index in [0.717, 1.165) is 28.5 Å². The summed E-state index contributed by atoms with van der Waals surface area (Å²) in [5, 5.41) is 5.66. The number of hydrogen-bond acceptors (Lipinski definition) is 8. The van der Waals surface area contributed by atoms with Crippen molar-refractivity contribution in [3.63, 3.8) is 0 Å². The summed E-state index contributed by atoms with van der Waals surface area (Å²) in [6, 6.07) is 17.2. The van der Waals surface area contributed by atoms with E-state index in [9.17, 15) is 9.59 Å². The first-order valence-corrected chi connectivity index (χ1v) is 13.5. The lowest BCUT2D eigenvalue weighted by atomic mass is 9.92. The number of thioether (sulfide) groups is 1. The first-order chi connectivity index (χ1) is 18.4. The Morgan fingerprint density at radius 2 is 1.92 bits per heavy atom. The van der Waals surface area contributed by atoms with Crippen molar-refractivity contribution in [3.05, 3.63) is 88.1 Å². The van der Waals surface area contributed by atoms with Crippen LogP contribution in [-0.2, 0) is 20.9 Å². The highest BCUT2D eigenvalue weighted by molar-refractivity contribution is 8.16. The van der Waals surface area contributed by atoms with Crippen LogP contribution < -0.4 is 10.1 Å². The molecule has 2 aliphatic heterocycles. The number of aliphatic imine (C=N–C) groups is 1. The van der Waals surface area contributed by atoms with Gasteiger partial charge in [0.1, 0.15) is 12.4 Å². The van der Waals surface area contributed by atoms with E-state index in [4.69, 9.17) is 14.5 Å². The molecular weight excluding hydrogens is 500 g/mol. The molecule has 2 aromatic carbocycles. The number of amides is 1. The number of fused-ring (bicyclic) bond motifs is 1. The Kier molecular flexibility index (Phi) is 9.25. The Balaban J connectivity index is 1.64. The van der Waals surface area contributed by atoms with Gasteiger partial charge >= 0.3 is 5.97 Å². The second kappa shape index (κ2) is 12.8. The van der Waals surface area contributed by atoms with Crippen LogP contribution in [-0.4, -0.2) is 61.1 Å². The molecule has 0 bridgehead atoms. The molecule has 2 aliphatic rings. The van der Waals surface area contributed by atoms with Crippen LogP contribution in [0.4, 0.5) is 0 Å². The van der Waals surface area contributed by atoms with Gasteiger partial charge in [0.25, 0.3) is 0 Å². The summed E-state index contributed by atoms with van der Waals surface area (Å²) in [5.74, 6) is 0.178. The predicted octanol–water partition coefficient (Wildman–Crippen LogP) is 4.47. The molecule has 4 rings (SSSR count). The van der Waals surface area contributed by atoms with Gasteiger partial charge in [-0.3, -0.25) is 4.79 Å². The van der Waals surface area contributed by atoms with Gasteiger partial charge in [0, 0.05) is 18.8 Å². The zero-order chi connectivity index (χ0) is 27.1. The van der Waals surface area contributed by atoms with E-state index in [1.54, 1.807) is 0 Å². The highest BCUT2D eigenvalue weighted by Crippen LogP contribution is 2.45. The molecule has 1 N–H and O–H groups in total. The van der Waals surface area contributed by atoms with Crippen molar-refractivity contribution in [1.29, 1.82) is 0 Å². The van der Waals surface area contributed by atoms with Crippen LogP contribution in [0.25, 0.3) is 0 Å². The Morgan fingerprint density at radius 3 is 2.63 bits per heavy atom. The number of amidine groups is 1. The summed E-state index contributed by atoms with van der Waals surface area (Å²) < 4.78 is 11.3. The number of esters is 1. The molecule has 0 saturated heterocycles. The number of likely N-dealkylation sites (N-methyl/N-ethyl adjacent to an activating group) is 1. The largest absolute Gasteiger partial charge is 0.489 e. The number of carbonyl (C=O) groups is 2. The number of rotatable bonds is 11. The van der Waals surface area contributed by atoms with Crippen molar-refractivity contribution in [3.8, 4) is 5.75 Å². The average molecular weight is 535 g/mol. The van der Waals surface area contributed by atoms with E-state index in [0.29, 0.717) is 36.6 Å². The standard InChI is InChI=1S/C29H34N4O4S/c1-5-24-26(28(35)36-4)27(21-12-9-13-23(16-21)37-18-20-10-7-6-8-11-20)33-22(19-38-29(33)31-24)17-25(34)30-14-15-32(2)3/h6-13,16,19,27H,5,14-15,17-18H2,1-4H3,(H,30,34). The van der Waals surface area contributed by atoms with Gasteiger partial charge in [0.2, 0.25) is 5.91 Å². The number of ether oxygens (including phenoxy) is 2. The fraction of sp³-hybridized carbons (Fsp3) is 0.345. The lowest BCUT2D eigenvalue weighted by Gasteiger charge is -2.36. The Labute approximate surface area is 228 Å². The first kappa shape index (κ1) is 27.5. The monoisotopic (exact) mass is 534 g/mol. The minimum absolute atomic E-state index is 0.0801. The number of nitrogens with zero attached hydrogens (tertiary/aromatic N) is 3. The van der Waals surface area contributed by atoms with Crippen LogP contribution in [0, 0.1) is 0 Å². The van der Waals surface area contributed by atoms with Crippen LogP contribution in [0.3, 0.4) is 0 Å². The van der Waals surface area contributed by atoms with E-state index in [-0.39, 0.29) is 12.3 Å². The first-order valence-electron chi connectivity index (χ1n) is 12.6. The Morgan fingerprint density at radius 1 is 1.13 bits per heavy atom. The summed E-state index contributed by atoms with van der Waals surface area (Å²) >= 11 is 1.46. The smallest absolute Gasteiger partial charge is 0.338 e. The molecular formula is C29H34N4O4S. The molecule has 38 heavy (non-hydrogen) atoms. The van der Waals surface area contributed by atoms with Gasteiger partial charge in [0.05, 0.1) is 30.8 Å². The molecule has 0 saturated carbocycles. The summed E-state index contributed by atoms with van der Waals surface area (Å²) in [7, 11) is 5.31. The molecule has 0 fully saturated rings. The van der Waals surface area contributed by atoms with Crippen LogP contribution >= 0.6 is 11.8 Å². The Hall–Kier alpha value is -3.56. The van der Waals surface area contributed by atoms with Gasteiger partial charge in [-0.1, -0.05) is 61.2 Å². The van der Waals surface area contributed by atoms with Crippen molar-refractivity contribution in [2.24, 2.45) is 4.99 Å². The van der Waals surface area contributed by atoms with Gasteiger partial charge in [-0.25, -0.2) is 9.79 Å². The summed E-state index contributed by atoms with van der Waals surface area (Å²) in [4.78, 5) is 34.7. The van der Waals surface area contributed by atoms with E-state index >= 15 is 0 Å². The molecule has 2 heterocycles. The van der Waals surface area contributed by atoms with Crippen LogP contribution in [0.15, 0.2) is 82.0 Å². The van der Waals surface area contributed by atoms with Crippen molar-refractivity contribution in [1.82, 2.24) is 15.1 Å². The number of hydrogen-bond donors (Lipinski definition) is 1. The maximum atomic E-state index is 13.1. The number of carbonyl (C=O) groups excluding carboxylic acids is 2. The van der Waals surface area contributed by atoms with E-state index in [1.165, 1.54) is 18.9 Å². The highest BCUT2D eigenvalue weighted by Gasteiger charge is 2.41. The minimum Gasteiger partial charge on any atom is -0.489 e. The van der Waals surface area contributed by atoms with Crippen molar-refractivity contribution < 1.29 is 19.1 Å². The maximum Gasteiger partial charge on any atom is 0.338 e. The summed E-state index contributed by atoms with van der Waals surface area (Å²) in [6.07, 6.45) is 0.749. The lowest BCUT2D eigenvalue weighted by molar-refractivity contribution is -0.136. The fourth-order valence-electron chi connectivity index (χ4n) is 4.39. The molecule has 0 aromatic heterocycles. The molecule has 2 aromatic rings. The molecule has 1 unspecified atom stereocenters. The third kappa shape index (κ3) is 6.46. The van der Waals surface area contributed by atoms with Crippen LogP contribution in [0.2, 0.25) is 0 Å². The second-order valence-electron chi connectivity index (χ2n) is 9.28. The third-order valence-corrected chi connectivity index (χ3v) is 7.16. The molecule has 0 aliphatic carbocycles. The molecule has 1 amide bonds. The third-order valence-electron chi connectivity index (χ3n) is 6.27. The molecule has 9 heteroatoms. The van der Waals surface area contributed by atoms with Crippen molar-refractivity contribution >= 4 is 28.8 Å².